The fourth-order valence-electron chi connectivity index (χ4n) is 3.33. The summed E-state index contributed by atoms with van der Waals surface area (Å²) in [4.78, 5) is 25.2. The zero-order valence-electron chi connectivity index (χ0n) is 14.8. The fourth-order valence-corrected chi connectivity index (χ4v) is 3.80. The van der Waals surface area contributed by atoms with Crippen molar-refractivity contribution < 1.29 is 9.59 Å². The topological polar surface area (TPSA) is 51.1 Å². The van der Waals surface area contributed by atoms with E-state index in [1.165, 1.54) is 0 Å². The van der Waals surface area contributed by atoms with Gasteiger partial charge in [-0.3, -0.25) is 9.59 Å². The number of hydrogen-bond donors (Lipinski definition) is 1. The number of carbonyl (C=O) groups excluding carboxylic acids is 2. The van der Waals surface area contributed by atoms with Crippen molar-refractivity contribution in [2.24, 2.45) is 0 Å². The van der Waals surface area contributed by atoms with Gasteiger partial charge < -0.3 is 9.88 Å². The Morgan fingerprint density at radius 1 is 1.15 bits per heavy atom. The molecule has 1 aliphatic rings. The molecule has 0 spiro atoms. The van der Waals surface area contributed by atoms with Crippen LogP contribution in [-0.4, -0.2) is 22.3 Å². The first-order valence-corrected chi connectivity index (χ1v) is 9.58. The molecule has 0 saturated heterocycles. The van der Waals surface area contributed by atoms with Crippen LogP contribution in [0.15, 0.2) is 42.5 Å². The van der Waals surface area contributed by atoms with Gasteiger partial charge >= 0.3 is 0 Å². The van der Waals surface area contributed by atoms with Crippen LogP contribution < -0.4 is 5.32 Å². The van der Waals surface area contributed by atoms with Gasteiger partial charge in [-0.1, -0.05) is 47.5 Å². The van der Waals surface area contributed by atoms with Gasteiger partial charge in [-0.15, -0.1) is 0 Å². The number of benzene rings is 2. The Morgan fingerprint density at radius 2 is 1.89 bits per heavy atom. The number of rotatable bonds is 5. The molecule has 0 bridgehead atoms. The molecule has 0 atom stereocenters. The van der Waals surface area contributed by atoms with Gasteiger partial charge in [0.05, 0.1) is 5.56 Å². The lowest BCUT2D eigenvalue weighted by molar-refractivity contribution is -0.117. The monoisotopic (exact) mass is 400 g/mol. The van der Waals surface area contributed by atoms with Crippen molar-refractivity contribution in [2.75, 3.05) is 0 Å². The Morgan fingerprint density at radius 3 is 2.59 bits per heavy atom. The lowest BCUT2D eigenvalue weighted by Gasteiger charge is -2.11. The van der Waals surface area contributed by atoms with Gasteiger partial charge in [-0.05, 0) is 43.5 Å². The number of nitrogens with one attached hydrogen (secondary N) is 1. The summed E-state index contributed by atoms with van der Waals surface area (Å²) in [6.45, 7) is 2.35. The second-order valence-corrected chi connectivity index (χ2v) is 7.72. The van der Waals surface area contributed by atoms with E-state index in [1.807, 2.05) is 41.8 Å². The minimum atomic E-state index is -0.534. The van der Waals surface area contributed by atoms with Gasteiger partial charge in [-0.25, -0.2) is 0 Å². The molecule has 1 aliphatic carbocycles. The van der Waals surface area contributed by atoms with E-state index < -0.39 is 11.7 Å². The molecule has 1 amide bonds. The van der Waals surface area contributed by atoms with Crippen LogP contribution in [0.1, 0.15) is 34.5 Å². The van der Waals surface area contributed by atoms with Crippen molar-refractivity contribution >= 4 is 45.8 Å². The van der Waals surface area contributed by atoms with Gasteiger partial charge in [0.2, 0.25) is 0 Å². The first-order valence-electron chi connectivity index (χ1n) is 8.82. The molecule has 4 rings (SSSR count). The van der Waals surface area contributed by atoms with E-state index >= 15 is 0 Å². The highest BCUT2D eigenvalue weighted by Crippen LogP contribution is 2.30. The van der Waals surface area contributed by atoms with Gasteiger partial charge in [0.1, 0.15) is 0 Å². The van der Waals surface area contributed by atoms with Crippen LogP contribution >= 0.6 is 23.2 Å². The van der Waals surface area contributed by atoms with Crippen molar-refractivity contribution in [2.45, 2.75) is 32.4 Å². The highest BCUT2D eigenvalue weighted by atomic mass is 35.5. The summed E-state index contributed by atoms with van der Waals surface area (Å²) in [6, 6.07) is 13.1. The number of amides is 1. The van der Waals surface area contributed by atoms with Crippen molar-refractivity contribution in [3.8, 4) is 0 Å². The van der Waals surface area contributed by atoms with Crippen LogP contribution in [0.3, 0.4) is 0 Å². The van der Waals surface area contributed by atoms with Crippen molar-refractivity contribution in [3.05, 3.63) is 69.3 Å². The zero-order chi connectivity index (χ0) is 19.1. The molecule has 138 valence electrons. The molecular formula is C21H18Cl2N2O2. The molecule has 1 heterocycles. The Kier molecular flexibility index (Phi) is 4.70. The third-order valence-electron chi connectivity index (χ3n) is 4.92. The zero-order valence-corrected chi connectivity index (χ0v) is 16.3. The molecule has 1 aromatic heterocycles. The van der Waals surface area contributed by atoms with E-state index in [0.29, 0.717) is 22.2 Å². The van der Waals surface area contributed by atoms with E-state index in [0.717, 1.165) is 35.0 Å². The predicted molar refractivity (Wildman–Crippen MR) is 108 cm³/mol. The first-order chi connectivity index (χ1) is 13.0. The highest BCUT2D eigenvalue weighted by molar-refractivity contribution is 6.45. The smallest absolute Gasteiger partial charge is 0.292 e. The van der Waals surface area contributed by atoms with Crippen LogP contribution in [0.2, 0.25) is 10.0 Å². The van der Waals surface area contributed by atoms with Gasteiger partial charge in [0.25, 0.3) is 11.7 Å². The summed E-state index contributed by atoms with van der Waals surface area (Å²) < 4.78 is 2.02. The molecule has 2 aromatic carbocycles. The van der Waals surface area contributed by atoms with E-state index in [1.54, 1.807) is 12.1 Å². The number of aromatic nitrogens is 1. The molecule has 1 fully saturated rings. The summed E-state index contributed by atoms with van der Waals surface area (Å²) in [6.07, 6.45) is 1.88. The molecule has 1 N–H and O–H groups in total. The first kappa shape index (κ1) is 18.1. The Labute approximate surface area is 167 Å². The van der Waals surface area contributed by atoms with Crippen LogP contribution in [0, 0.1) is 6.92 Å². The SMILES string of the molecule is Cc1c(C(=O)C(=O)NC2CC2)c2ccccc2n1Cc1ccc(Cl)cc1Cl. The number of ketones is 1. The van der Waals surface area contributed by atoms with E-state index in [9.17, 15) is 9.59 Å². The summed E-state index contributed by atoms with van der Waals surface area (Å²) in [5.74, 6) is -1.02. The maximum absolute atomic E-state index is 12.9. The third-order valence-corrected chi connectivity index (χ3v) is 5.51. The quantitative estimate of drug-likeness (QED) is 0.495. The largest absolute Gasteiger partial charge is 0.346 e. The van der Waals surface area contributed by atoms with Crippen LogP contribution in [0.5, 0.6) is 0 Å². The number of carbonyl (C=O) groups is 2. The van der Waals surface area contributed by atoms with Gasteiger partial charge in [0.15, 0.2) is 0 Å². The fraction of sp³-hybridized carbons (Fsp3) is 0.238. The lowest BCUT2D eigenvalue weighted by Crippen LogP contribution is -2.33. The second-order valence-electron chi connectivity index (χ2n) is 6.88. The van der Waals surface area contributed by atoms with Crippen molar-refractivity contribution in [1.29, 1.82) is 0 Å². The van der Waals surface area contributed by atoms with Gasteiger partial charge in [0, 0.05) is 39.2 Å². The standard InChI is InChI=1S/C21H18Cl2N2O2/c1-12-19(20(26)21(27)24-15-8-9-15)16-4-2-3-5-18(16)25(12)11-13-6-7-14(22)10-17(13)23/h2-7,10,15H,8-9,11H2,1H3,(H,24,27). The normalized spacial score (nSPS) is 13.7. The molecule has 0 radical (unpaired) electrons. The molecule has 3 aromatic rings. The van der Waals surface area contributed by atoms with Crippen LogP contribution in [0.25, 0.3) is 10.9 Å². The maximum atomic E-state index is 12.9. The van der Waals surface area contributed by atoms with E-state index in [-0.39, 0.29) is 6.04 Å². The Bertz CT molecular complexity index is 1070. The number of halogens is 2. The number of Topliss-reactive ketones (excluding diaryl/α,β-unsaturated/α-hetero) is 1. The minimum absolute atomic E-state index is 0.142. The molecule has 0 unspecified atom stereocenters. The number of fused-ring (bicyclic) bond motifs is 1. The number of nitrogens with zero attached hydrogens (tertiary/aromatic N) is 1. The number of para-hydroxylation sites is 1. The second kappa shape index (κ2) is 7.02. The highest BCUT2D eigenvalue weighted by Gasteiger charge is 2.30. The Hall–Kier alpha value is -2.30. The summed E-state index contributed by atoms with van der Waals surface area (Å²) in [5.41, 5.74) is 2.99. The average molecular weight is 401 g/mol. The summed E-state index contributed by atoms with van der Waals surface area (Å²) in [7, 11) is 0. The van der Waals surface area contributed by atoms with Crippen LogP contribution in [0.4, 0.5) is 0 Å². The number of hydrogen-bond acceptors (Lipinski definition) is 2. The van der Waals surface area contributed by atoms with E-state index in [2.05, 4.69) is 5.32 Å². The summed E-state index contributed by atoms with van der Waals surface area (Å²) >= 11 is 12.3. The maximum Gasteiger partial charge on any atom is 0.292 e. The molecule has 4 nitrogen and oxygen atoms in total. The Balaban J connectivity index is 1.78. The predicted octanol–water partition coefficient (Wildman–Crippen LogP) is 4.77. The van der Waals surface area contributed by atoms with Crippen molar-refractivity contribution in [1.82, 2.24) is 9.88 Å². The van der Waals surface area contributed by atoms with Gasteiger partial charge in [-0.2, -0.15) is 0 Å². The molecule has 1 saturated carbocycles. The van der Waals surface area contributed by atoms with Crippen LogP contribution in [-0.2, 0) is 11.3 Å². The van der Waals surface area contributed by atoms with Crippen molar-refractivity contribution in [3.63, 3.8) is 0 Å². The molecular weight excluding hydrogens is 383 g/mol. The summed E-state index contributed by atoms with van der Waals surface area (Å²) in [5, 5.41) is 4.70. The van der Waals surface area contributed by atoms with E-state index in [4.69, 9.17) is 23.2 Å². The molecule has 27 heavy (non-hydrogen) atoms. The molecule has 0 aliphatic heterocycles. The average Bonchev–Trinajstić information content (AvgIpc) is 3.41. The minimum Gasteiger partial charge on any atom is -0.346 e. The third kappa shape index (κ3) is 3.47. The molecule has 6 heteroatoms. The lowest BCUT2D eigenvalue weighted by atomic mass is 10.1.